The highest BCUT2D eigenvalue weighted by molar-refractivity contribution is 5.81. The summed E-state index contributed by atoms with van der Waals surface area (Å²) in [6, 6.07) is 10.2. The number of hydrogen-bond donors (Lipinski definition) is 1. The van der Waals surface area contributed by atoms with Crippen molar-refractivity contribution in [3.63, 3.8) is 0 Å². The lowest BCUT2D eigenvalue weighted by Crippen LogP contribution is -2.41. The zero-order chi connectivity index (χ0) is 13.1. The molecule has 0 radical (unpaired) electrons. The number of para-hydroxylation sites is 1. The topological polar surface area (TPSA) is 48.1 Å². The van der Waals surface area contributed by atoms with E-state index in [0.29, 0.717) is 13.2 Å². The third kappa shape index (κ3) is 2.77. The molecule has 1 aromatic heterocycles. The van der Waals surface area contributed by atoms with Gasteiger partial charge in [-0.3, -0.25) is 4.98 Å². The van der Waals surface area contributed by atoms with Gasteiger partial charge in [-0.05, 0) is 30.5 Å². The number of benzene rings is 1. The molecule has 1 aromatic carbocycles. The first kappa shape index (κ1) is 12.6. The van der Waals surface area contributed by atoms with Crippen LogP contribution in [-0.4, -0.2) is 17.1 Å². The van der Waals surface area contributed by atoms with E-state index in [2.05, 4.69) is 11.1 Å². The van der Waals surface area contributed by atoms with Crippen molar-refractivity contribution in [3.8, 4) is 0 Å². The molecule has 1 fully saturated rings. The third-order valence-electron chi connectivity index (χ3n) is 3.99. The van der Waals surface area contributed by atoms with Crippen LogP contribution in [0.1, 0.15) is 31.2 Å². The van der Waals surface area contributed by atoms with Gasteiger partial charge in [-0.15, -0.1) is 0 Å². The molecule has 3 heteroatoms. The molecule has 0 amide bonds. The van der Waals surface area contributed by atoms with Crippen LogP contribution < -0.4 is 5.73 Å². The molecule has 1 aliphatic carbocycles. The number of rotatable bonds is 4. The van der Waals surface area contributed by atoms with Gasteiger partial charge in [0.2, 0.25) is 0 Å². The third-order valence-corrected chi connectivity index (χ3v) is 3.99. The van der Waals surface area contributed by atoms with Gasteiger partial charge in [-0.2, -0.15) is 0 Å². The Hall–Kier alpha value is -1.45. The highest BCUT2D eigenvalue weighted by atomic mass is 16.5. The van der Waals surface area contributed by atoms with Crippen LogP contribution in [0.4, 0.5) is 0 Å². The van der Waals surface area contributed by atoms with E-state index in [0.717, 1.165) is 18.4 Å². The Morgan fingerprint density at radius 3 is 2.79 bits per heavy atom. The Kier molecular flexibility index (Phi) is 3.49. The van der Waals surface area contributed by atoms with Crippen molar-refractivity contribution in [2.45, 2.75) is 37.8 Å². The maximum atomic E-state index is 6.30. The molecular weight excluding hydrogens is 236 g/mol. The summed E-state index contributed by atoms with van der Waals surface area (Å²) in [7, 11) is 0. The molecular formula is C16H20N2O. The Morgan fingerprint density at radius 1 is 1.16 bits per heavy atom. The van der Waals surface area contributed by atoms with Crippen LogP contribution in [0.5, 0.6) is 0 Å². The fourth-order valence-corrected chi connectivity index (χ4v) is 2.87. The number of hydrogen-bond acceptors (Lipinski definition) is 3. The van der Waals surface area contributed by atoms with E-state index in [-0.39, 0.29) is 5.54 Å². The predicted octanol–water partition coefficient (Wildman–Crippen LogP) is 3.02. The lowest BCUT2D eigenvalue weighted by molar-refractivity contribution is 0.0757. The summed E-state index contributed by atoms with van der Waals surface area (Å²) in [5, 5.41) is 1.17. The first-order valence-electron chi connectivity index (χ1n) is 6.96. The molecule has 1 heterocycles. The van der Waals surface area contributed by atoms with Gasteiger partial charge in [-0.1, -0.05) is 31.0 Å². The fraction of sp³-hybridized carbons (Fsp3) is 0.438. The summed E-state index contributed by atoms with van der Waals surface area (Å²) in [4.78, 5) is 4.36. The van der Waals surface area contributed by atoms with E-state index in [4.69, 9.17) is 10.5 Å². The monoisotopic (exact) mass is 256 g/mol. The van der Waals surface area contributed by atoms with E-state index < -0.39 is 0 Å². The summed E-state index contributed by atoms with van der Waals surface area (Å²) in [6.07, 6.45) is 6.49. The van der Waals surface area contributed by atoms with Gasteiger partial charge < -0.3 is 10.5 Å². The minimum absolute atomic E-state index is 0.0944. The van der Waals surface area contributed by atoms with Gasteiger partial charge in [0.05, 0.1) is 18.7 Å². The van der Waals surface area contributed by atoms with E-state index in [1.807, 2.05) is 30.5 Å². The Labute approximate surface area is 113 Å². The zero-order valence-corrected chi connectivity index (χ0v) is 11.1. The van der Waals surface area contributed by atoms with E-state index in [1.54, 1.807) is 0 Å². The summed E-state index contributed by atoms with van der Waals surface area (Å²) in [6.45, 7) is 1.27. The molecule has 3 nitrogen and oxygen atoms in total. The molecule has 1 aliphatic rings. The van der Waals surface area contributed by atoms with E-state index in [9.17, 15) is 0 Å². The summed E-state index contributed by atoms with van der Waals surface area (Å²) < 4.78 is 5.86. The van der Waals surface area contributed by atoms with Crippen LogP contribution in [0, 0.1) is 0 Å². The van der Waals surface area contributed by atoms with Crippen molar-refractivity contribution in [2.24, 2.45) is 5.73 Å². The molecule has 0 saturated heterocycles. The molecule has 1 saturated carbocycles. The van der Waals surface area contributed by atoms with E-state index >= 15 is 0 Å². The van der Waals surface area contributed by atoms with Gasteiger partial charge in [0.15, 0.2) is 0 Å². The van der Waals surface area contributed by atoms with Crippen LogP contribution in [-0.2, 0) is 11.3 Å². The second kappa shape index (κ2) is 5.27. The number of nitrogens with zero attached hydrogens (tertiary/aromatic N) is 1. The average molecular weight is 256 g/mol. The normalized spacial score (nSPS) is 17.9. The quantitative estimate of drug-likeness (QED) is 0.914. The van der Waals surface area contributed by atoms with Crippen molar-refractivity contribution in [2.75, 3.05) is 6.61 Å². The first-order valence-corrected chi connectivity index (χ1v) is 6.96. The maximum Gasteiger partial charge on any atom is 0.0724 e. The molecule has 2 N–H and O–H groups in total. The lowest BCUT2D eigenvalue weighted by Gasteiger charge is -2.23. The SMILES string of the molecule is NC1(COCc2ccnc3ccccc23)CCCC1. The molecule has 2 aromatic rings. The van der Waals surface area contributed by atoms with Crippen LogP contribution in [0.25, 0.3) is 10.9 Å². The van der Waals surface area contributed by atoms with Crippen LogP contribution in [0.2, 0.25) is 0 Å². The number of pyridine rings is 1. The predicted molar refractivity (Wildman–Crippen MR) is 76.8 cm³/mol. The Balaban J connectivity index is 1.68. The summed E-state index contributed by atoms with van der Waals surface area (Å²) in [5.41, 5.74) is 8.41. The summed E-state index contributed by atoms with van der Waals surface area (Å²) >= 11 is 0. The molecule has 0 aliphatic heterocycles. The minimum atomic E-state index is -0.0944. The van der Waals surface area contributed by atoms with Gasteiger partial charge >= 0.3 is 0 Å². The highest BCUT2D eigenvalue weighted by Crippen LogP contribution is 2.27. The van der Waals surface area contributed by atoms with Gasteiger partial charge in [0.25, 0.3) is 0 Å². The zero-order valence-electron chi connectivity index (χ0n) is 11.1. The van der Waals surface area contributed by atoms with Crippen molar-refractivity contribution in [3.05, 3.63) is 42.1 Å². The smallest absolute Gasteiger partial charge is 0.0724 e. The van der Waals surface area contributed by atoms with Crippen LogP contribution in [0.15, 0.2) is 36.5 Å². The molecule has 0 spiro atoms. The lowest BCUT2D eigenvalue weighted by atomic mass is 10.0. The van der Waals surface area contributed by atoms with Gasteiger partial charge in [-0.25, -0.2) is 0 Å². The van der Waals surface area contributed by atoms with Gasteiger partial charge in [0, 0.05) is 17.1 Å². The molecule has 19 heavy (non-hydrogen) atoms. The van der Waals surface area contributed by atoms with Gasteiger partial charge in [0.1, 0.15) is 0 Å². The molecule has 3 rings (SSSR count). The minimum Gasteiger partial charge on any atom is -0.375 e. The first-order chi connectivity index (χ1) is 9.27. The van der Waals surface area contributed by atoms with Crippen LogP contribution >= 0.6 is 0 Å². The van der Waals surface area contributed by atoms with Crippen molar-refractivity contribution in [1.82, 2.24) is 4.98 Å². The second-order valence-electron chi connectivity index (χ2n) is 5.55. The molecule has 0 atom stereocenters. The number of aromatic nitrogens is 1. The Morgan fingerprint density at radius 2 is 1.95 bits per heavy atom. The largest absolute Gasteiger partial charge is 0.375 e. The highest BCUT2D eigenvalue weighted by Gasteiger charge is 2.29. The standard InChI is InChI=1S/C16H20N2O/c17-16(8-3-4-9-16)12-19-11-13-7-10-18-15-6-2-1-5-14(13)15/h1-2,5-7,10H,3-4,8-9,11-12,17H2. The maximum absolute atomic E-state index is 6.30. The molecule has 100 valence electrons. The fourth-order valence-electron chi connectivity index (χ4n) is 2.87. The van der Waals surface area contributed by atoms with Crippen molar-refractivity contribution < 1.29 is 4.74 Å². The van der Waals surface area contributed by atoms with E-state index in [1.165, 1.54) is 23.8 Å². The molecule has 0 unspecified atom stereocenters. The molecule has 0 bridgehead atoms. The average Bonchev–Trinajstić information content (AvgIpc) is 2.86. The van der Waals surface area contributed by atoms with Crippen LogP contribution in [0.3, 0.4) is 0 Å². The number of nitrogens with two attached hydrogens (primary N) is 1. The number of fused-ring (bicyclic) bond motifs is 1. The summed E-state index contributed by atoms with van der Waals surface area (Å²) in [5.74, 6) is 0. The second-order valence-corrected chi connectivity index (χ2v) is 5.55. The van der Waals surface area contributed by atoms with Crippen molar-refractivity contribution >= 4 is 10.9 Å². The number of ether oxygens (including phenoxy) is 1. The van der Waals surface area contributed by atoms with Crippen molar-refractivity contribution in [1.29, 1.82) is 0 Å². The Bertz CT molecular complexity index is 556.